The van der Waals surface area contributed by atoms with Crippen LogP contribution in [0.2, 0.25) is 5.02 Å². The maximum absolute atomic E-state index is 13.1. The minimum atomic E-state index is -4.71. The molecule has 0 bridgehead atoms. The molecule has 1 aliphatic rings. The van der Waals surface area contributed by atoms with Gasteiger partial charge in [0.05, 0.1) is 22.8 Å². The molecule has 1 saturated heterocycles. The summed E-state index contributed by atoms with van der Waals surface area (Å²) in [6.07, 6.45) is -1.37. The SMILES string of the molecule is C[C@@H](NC(=O)c1cc(N2CCN(CCOF)CC2)ncn1)c1ncc(C(=O)Nc2cc(C(F)(F)F)c(Cl)cn2)s1. The van der Waals surface area contributed by atoms with Gasteiger partial charge < -0.3 is 15.5 Å². The Morgan fingerprint density at radius 3 is 2.55 bits per heavy atom. The van der Waals surface area contributed by atoms with Crippen molar-refractivity contribution < 1.29 is 32.2 Å². The third-order valence-electron chi connectivity index (χ3n) is 5.93. The largest absolute Gasteiger partial charge is 0.418 e. The number of nitrogens with zero attached hydrogens (tertiary/aromatic N) is 6. The zero-order chi connectivity index (χ0) is 28.9. The number of nitrogens with one attached hydrogen (secondary N) is 2. The van der Waals surface area contributed by atoms with E-state index >= 15 is 0 Å². The van der Waals surface area contributed by atoms with Crippen molar-refractivity contribution in [1.29, 1.82) is 0 Å². The highest BCUT2D eigenvalue weighted by molar-refractivity contribution is 7.13. The monoisotopic (exact) mass is 602 g/mol. The predicted molar refractivity (Wildman–Crippen MR) is 138 cm³/mol. The topological polar surface area (TPSA) is 125 Å². The van der Waals surface area contributed by atoms with Crippen molar-refractivity contribution >= 4 is 46.4 Å². The van der Waals surface area contributed by atoms with Gasteiger partial charge in [0, 0.05) is 45.0 Å². The first-order chi connectivity index (χ1) is 19.0. The Morgan fingerprint density at radius 2 is 1.85 bits per heavy atom. The van der Waals surface area contributed by atoms with E-state index in [-0.39, 0.29) is 23.0 Å². The summed E-state index contributed by atoms with van der Waals surface area (Å²) < 4.78 is 51.2. The van der Waals surface area contributed by atoms with Gasteiger partial charge in [-0.3, -0.25) is 14.5 Å². The zero-order valence-electron chi connectivity index (χ0n) is 20.9. The summed E-state index contributed by atoms with van der Waals surface area (Å²) in [5.74, 6) is -0.955. The number of piperazine rings is 1. The summed E-state index contributed by atoms with van der Waals surface area (Å²) in [5, 5.41) is 4.86. The number of pyridine rings is 1. The summed E-state index contributed by atoms with van der Waals surface area (Å²) in [4.78, 5) is 49.4. The number of halogens is 5. The van der Waals surface area contributed by atoms with E-state index in [2.05, 4.69) is 40.4 Å². The molecule has 3 aromatic heterocycles. The number of aromatic nitrogens is 4. The van der Waals surface area contributed by atoms with E-state index in [1.807, 2.05) is 4.90 Å². The van der Waals surface area contributed by atoms with Crippen LogP contribution in [-0.2, 0) is 11.1 Å². The lowest BCUT2D eigenvalue weighted by atomic mass is 10.2. The highest BCUT2D eigenvalue weighted by atomic mass is 35.5. The molecule has 40 heavy (non-hydrogen) atoms. The third kappa shape index (κ3) is 7.38. The molecule has 1 atom stereocenters. The molecule has 4 heterocycles. The smallest absolute Gasteiger partial charge is 0.354 e. The second kappa shape index (κ2) is 12.8. The summed E-state index contributed by atoms with van der Waals surface area (Å²) in [5.41, 5.74) is -0.992. The van der Waals surface area contributed by atoms with E-state index in [1.165, 1.54) is 12.5 Å². The van der Waals surface area contributed by atoms with Gasteiger partial charge in [-0.05, 0) is 17.5 Å². The van der Waals surface area contributed by atoms with Gasteiger partial charge in [-0.1, -0.05) is 11.6 Å². The van der Waals surface area contributed by atoms with Crippen molar-refractivity contribution in [3.05, 3.63) is 57.0 Å². The van der Waals surface area contributed by atoms with Crippen LogP contribution in [0.1, 0.15) is 43.7 Å². The summed E-state index contributed by atoms with van der Waals surface area (Å²) in [6.45, 7) is 4.78. The molecular formula is C23H23ClF4N8O3S. The molecule has 0 saturated carbocycles. The van der Waals surface area contributed by atoms with Crippen molar-refractivity contribution in [2.45, 2.75) is 19.1 Å². The summed E-state index contributed by atoms with van der Waals surface area (Å²) in [6, 6.07) is 1.60. The minimum Gasteiger partial charge on any atom is -0.354 e. The number of carbonyl (C=O) groups is 2. The first-order valence-electron chi connectivity index (χ1n) is 11.9. The molecule has 0 radical (unpaired) electrons. The molecule has 2 N–H and O–H groups in total. The number of anilines is 2. The van der Waals surface area contributed by atoms with Crippen LogP contribution in [0.5, 0.6) is 0 Å². The Morgan fingerprint density at radius 1 is 1.10 bits per heavy atom. The highest BCUT2D eigenvalue weighted by Gasteiger charge is 2.34. The molecule has 11 nitrogen and oxygen atoms in total. The average Bonchev–Trinajstić information content (AvgIpc) is 3.44. The van der Waals surface area contributed by atoms with Gasteiger partial charge in [0.25, 0.3) is 11.8 Å². The molecule has 0 aliphatic carbocycles. The maximum Gasteiger partial charge on any atom is 0.418 e. The van der Waals surface area contributed by atoms with Crippen molar-refractivity contribution in [3.63, 3.8) is 0 Å². The van der Waals surface area contributed by atoms with E-state index in [0.29, 0.717) is 49.6 Å². The molecule has 1 aliphatic heterocycles. The van der Waals surface area contributed by atoms with Gasteiger partial charge in [0.2, 0.25) is 0 Å². The van der Waals surface area contributed by atoms with Gasteiger partial charge in [-0.25, -0.2) is 19.9 Å². The molecule has 2 amide bonds. The van der Waals surface area contributed by atoms with Crippen LogP contribution in [0, 0.1) is 0 Å². The highest BCUT2D eigenvalue weighted by Crippen LogP contribution is 2.35. The number of thiazole rings is 1. The van der Waals surface area contributed by atoms with Crippen LogP contribution >= 0.6 is 22.9 Å². The number of amides is 2. The fourth-order valence-corrected chi connectivity index (χ4v) is 4.86. The zero-order valence-corrected chi connectivity index (χ0v) is 22.5. The predicted octanol–water partition coefficient (Wildman–Crippen LogP) is 3.77. The van der Waals surface area contributed by atoms with Crippen LogP contribution in [0.4, 0.5) is 29.3 Å². The van der Waals surface area contributed by atoms with Crippen LogP contribution in [0.15, 0.2) is 30.9 Å². The van der Waals surface area contributed by atoms with Crippen molar-refractivity contribution in [2.24, 2.45) is 0 Å². The number of alkyl halides is 3. The molecule has 1 fully saturated rings. The molecule has 0 aromatic carbocycles. The van der Waals surface area contributed by atoms with Gasteiger partial charge in [-0.2, -0.15) is 18.1 Å². The number of hydrogen-bond acceptors (Lipinski definition) is 10. The summed E-state index contributed by atoms with van der Waals surface area (Å²) >= 11 is 6.52. The Bertz CT molecular complexity index is 1350. The molecular weight excluding hydrogens is 580 g/mol. The van der Waals surface area contributed by atoms with E-state index in [1.54, 1.807) is 13.0 Å². The first-order valence-corrected chi connectivity index (χ1v) is 13.1. The Kier molecular flexibility index (Phi) is 9.44. The van der Waals surface area contributed by atoms with Gasteiger partial charge in [0.15, 0.2) is 0 Å². The lowest BCUT2D eigenvalue weighted by Crippen LogP contribution is -2.47. The fourth-order valence-electron chi connectivity index (χ4n) is 3.84. The average molecular weight is 603 g/mol. The molecule has 0 unspecified atom stereocenters. The van der Waals surface area contributed by atoms with E-state index in [0.717, 1.165) is 17.5 Å². The van der Waals surface area contributed by atoms with Crippen LogP contribution < -0.4 is 15.5 Å². The lowest BCUT2D eigenvalue weighted by Gasteiger charge is -2.35. The van der Waals surface area contributed by atoms with E-state index < -0.39 is 34.6 Å². The quantitative estimate of drug-likeness (QED) is 0.352. The molecule has 17 heteroatoms. The van der Waals surface area contributed by atoms with Gasteiger partial charge >= 0.3 is 6.18 Å². The lowest BCUT2D eigenvalue weighted by molar-refractivity contribution is -0.137. The molecule has 0 spiro atoms. The number of rotatable bonds is 9. The van der Waals surface area contributed by atoms with E-state index in [9.17, 15) is 27.3 Å². The second-order valence-electron chi connectivity index (χ2n) is 8.66. The normalized spacial score (nSPS) is 15.1. The van der Waals surface area contributed by atoms with Gasteiger partial charge in [-0.15, -0.1) is 11.3 Å². The second-order valence-corrected chi connectivity index (χ2v) is 10.1. The minimum absolute atomic E-state index is 0.00360. The van der Waals surface area contributed by atoms with E-state index in [4.69, 9.17) is 11.6 Å². The Balaban J connectivity index is 1.35. The Hall–Kier alpha value is -3.47. The maximum atomic E-state index is 13.1. The fraction of sp³-hybridized carbons (Fsp3) is 0.391. The third-order valence-corrected chi connectivity index (χ3v) is 7.41. The molecule has 214 valence electrons. The standard InChI is InChI=1S/C23H23ClF4N8O3S/c1-13(22-30-11-17(40-22)21(38)34-18-8-14(23(25,26)27)15(24)10-29-18)33-20(37)16-9-19(32-12-31-16)36-4-2-35(3-5-36)6-7-39-28/h8-13H,2-7H2,1H3,(H,33,37)(H,29,34,38)/t13-/m1/s1. The number of carbonyl (C=O) groups excluding carboxylic acids is 2. The number of hydrogen-bond donors (Lipinski definition) is 2. The van der Waals surface area contributed by atoms with Gasteiger partial charge in [0.1, 0.15) is 40.1 Å². The Labute approximate surface area is 234 Å². The molecule has 3 aromatic rings. The van der Waals surface area contributed by atoms with Crippen molar-refractivity contribution in [1.82, 2.24) is 30.2 Å². The van der Waals surface area contributed by atoms with Crippen LogP contribution in [-0.4, -0.2) is 76.0 Å². The first kappa shape index (κ1) is 29.5. The van der Waals surface area contributed by atoms with Crippen molar-refractivity contribution in [3.8, 4) is 0 Å². The molecule has 4 rings (SSSR count). The van der Waals surface area contributed by atoms with Crippen LogP contribution in [0.25, 0.3) is 0 Å². The summed E-state index contributed by atoms with van der Waals surface area (Å²) in [7, 11) is 0. The van der Waals surface area contributed by atoms with Crippen LogP contribution in [0.3, 0.4) is 0 Å². The van der Waals surface area contributed by atoms with Crippen molar-refractivity contribution in [2.75, 3.05) is 49.5 Å².